The van der Waals surface area contributed by atoms with Gasteiger partial charge in [0.25, 0.3) is 5.91 Å². The minimum atomic E-state index is -4.62. The van der Waals surface area contributed by atoms with Crippen molar-refractivity contribution in [3.05, 3.63) is 70.0 Å². The zero-order valence-corrected chi connectivity index (χ0v) is 11.8. The number of amides is 1. The second kappa shape index (κ2) is 6.36. The molecule has 0 bridgehead atoms. The van der Waals surface area contributed by atoms with E-state index in [2.05, 4.69) is 5.32 Å². The van der Waals surface area contributed by atoms with Crippen LogP contribution in [0.5, 0.6) is 0 Å². The van der Waals surface area contributed by atoms with E-state index in [9.17, 15) is 22.4 Å². The van der Waals surface area contributed by atoms with E-state index in [0.29, 0.717) is 5.56 Å². The summed E-state index contributed by atoms with van der Waals surface area (Å²) in [5, 5.41) is 2.43. The van der Waals surface area contributed by atoms with Crippen LogP contribution in [0.25, 0.3) is 0 Å². The van der Waals surface area contributed by atoms with Crippen molar-refractivity contribution in [2.24, 2.45) is 0 Å². The maximum absolute atomic E-state index is 12.9. The first kappa shape index (κ1) is 16.3. The van der Waals surface area contributed by atoms with Crippen LogP contribution in [-0.4, -0.2) is 5.91 Å². The topological polar surface area (TPSA) is 29.1 Å². The van der Waals surface area contributed by atoms with Crippen LogP contribution in [-0.2, 0) is 12.7 Å². The SMILES string of the molecule is O=C(NCc1ccc(F)cc1Cl)c1ccccc1C(F)(F)F. The molecule has 0 unspecified atom stereocenters. The molecular formula is C15H10ClF4NO. The first-order chi connectivity index (χ1) is 10.3. The fourth-order valence-corrected chi connectivity index (χ4v) is 2.10. The molecule has 0 aliphatic rings. The van der Waals surface area contributed by atoms with Crippen molar-refractivity contribution in [2.75, 3.05) is 0 Å². The van der Waals surface area contributed by atoms with Crippen molar-refractivity contribution in [3.8, 4) is 0 Å². The molecule has 7 heteroatoms. The number of nitrogens with one attached hydrogen (secondary N) is 1. The highest BCUT2D eigenvalue weighted by atomic mass is 35.5. The molecule has 0 spiro atoms. The van der Waals surface area contributed by atoms with Crippen LogP contribution in [0.2, 0.25) is 5.02 Å². The number of hydrogen-bond acceptors (Lipinski definition) is 1. The Hall–Kier alpha value is -2.08. The second-order valence-corrected chi connectivity index (χ2v) is 4.87. The first-order valence-electron chi connectivity index (χ1n) is 6.17. The van der Waals surface area contributed by atoms with Crippen molar-refractivity contribution in [2.45, 2.75) is 12.7 Å². The van der Waals surface area contributed by atoms with E-state index < -0.39 is 29.0 Å². The summed E-state index contributed by atoms with van der Waals surface area (Å²) in [5.41, 5.74) is -1.09. The molecule has 0 aromatic heterocycles. The molecule has 0 radical (unpaired) electrons. The van der Waals surface area contributed by atoms with Crippen molar-refractivity contribution < 1.29 is 22.4 Å². The molecule has 0 heterocycles. The molecule has 116 valence electrons. The molecule has 0 fully saturated rings. The highest BCUT2D eigenvalue weighted by Gasteiger charge is 2.34. The molecule has 0 atom stereocenters. The third-order valence-electron chi connectivity index (χ3n) is 2.93. The lowest BCUT2D eigenvalue weighted by molar-refractivity contribution is -0.137. The third-order valence-corrected chi connectivity index (χ3v) is 3.28. The molecular weight excluding hydrogens is 322 g/mol. The van der Waals surface area contributed by atoms with Gasteiger partial charge in [-0.1, -0.05) is 29.8 Å². The minimum absolute atomic E-state index is 0.0874. The van der Waals surface area contributed by atoms with Gasteiger partial charge >= 0.3 is 6.18 Å². The second-order valence-electron chi connectivity index (χ2n) is 4.46. The zero-order valence-electron chi connectivity index (χ0n) is 11.0. The van der Waals surface area contributed by atoms with Gasteiger partial charge in [-0.2, -0.15) is 13.2 Å². The van der Waals surface area contributed by atoms with Gasteiger partial charge < -0.3 is 5.32 Å². The van der Waals surface area contributed by atoms with Crippen molar-refractivity contribution in [3.63, 3.8) is 0 Å². The molecule has 0 saturated heterocycles. The molecule has 22 heavy (non-hydrogen) atoms. The van der Waals surface area contributed by atoms with Gasteiger partial charge in [0, 0.05) is 11.6 Å². The van der Waals surface area contributed by atoms with Crippen LogP contribution in [0.15, 0.2) is 42.5 Å². The highest BCUT2D eigenvalue weighted by Crippen LogP contribution is 2.31. The molecule has 2 rings (SSSR count). The van der Waals surface area contributed by atoms with E-state index >= 15 is 0 Å². The van der Waals surface area contributed by atoms with Crippen LogP contribution in [0.1, 0.15) is 21.5 Å². The number of alkyl halides is 3. The number of carbonyl (C=O) groups is 1. The summed E-state index contributed by atoms with van der Waals surface area (Å²) in [6.45, 7) is -0.107. The molecule has 0 aliphatic heterocycles. The standard InChI is InChI=1S/C15H10ClF4NO/c16-13-7-10(17)6-5-9(13)8-21-14(22)11-3-1-2-4-12(11)15(18,19)20/h1-7H,8H2,(H,21,22). The Morgan fingerprint density at radius 3 is 2.45 bits per heavy atom. The van der Waals surface area contributed by atoms with Crippen molar-refractivity contribution in [1.82, 2.24) is 5.32 Å². The highest BCUT2D eigenvalue weighted by molar-refractivity contribution is 6.31. The Morgan fingerprint density at radius 2 is 1.82 bits per heavy atom. The zero-order chi connectivity index (χ0) is 16.3. The Labute approximate surface area is 128 Å². The maximum Gasteiger partial charge on any atom is 0.417 e. The summed E-state index contributed by atoms with van der Waals surface area (Å²) in [6.07, 6.45) is -4.62. The van der Waals surface area contributed by atoms with E-state index in [1.165, 1.54) is 18.2 Å². The number of rotatable bonds is 3. The van der Waals surface area contributed by atoms with E-state index in [1.807, 2.05) is 0 Å². The largest absolute Gasteiger partial charge is 0.417 e. The van der Waals surface area contributed by atoms with Gasteiger partial charge in [-0.15, -0.1) is 0 Å². The quantitative estimate of drug-likeness (QED) is 0.828. The summed E-state index contributed by atoms with van der Waals surface area (Å²) in [6, 6.07) is 8.03. The summed E-state index contributed by atoms with van der Waals surface area (Å²) in [7, 11) is 0. The molecule has 2 nitrogen and oxygen atoms in total. The Kier molecular flexibility index (Phi) is 4.71. The van der Waals surface area contributed by atoms with E-state index in [-0.39, 0.29) is 11.6 Å². The van der Waals surface area contributed by atoms with Crippen LogP contribution in [0.4, 0.5) is 17.6 Å². The average Bonchev–Trinajstić information content (AvgIpc) is 2.45. The van der Waals surface area contributed by atoms with Gasteiger partial charge in [0.2, 0.25) is 0 Å². The molecule has 2 aromatic carbocycles. The lowest BCUT2D eigenvalue weighted by atomic mass is 10.1. The van der Waals surface area contributed by atoms with Gasteiger partial charge in [-0.3, -0.25) is 4.79 Å². The fraction of sp³-hybridized carbons (Fsp3) is 0.133. The Morgan fingerprint density at radius 1 is 1.14 bits per heavy atom. The van der Waals surface area contributed by atoms with E-state index in [0.717, 1.165) is 24.3 Å². The number of carbonyl (C=O) groups excluding carboxylic acids is 1. The van der Waals surface area contributed by atoms with Crippen LogP contribution in [0.3, 0.4) is 0 Å². The van der Waals surface area contributed by atoms with E-state index in [4.69, 9.17) is 11.6 Å². The van der Waals surface area contributed by atoms with Crippen LogP contribution < -0.4 is 5.32 Å². The first-order valence-corrected chi connectivity index (χ1v) is 6.55. The summed E-state index contributed by atoms with van der Waals surface area (Å²) in [5.74, 6) is -1.42. The van der Waals surface area contributed by atoms with E-state index in [1.54, 1.807) is 0 Å². The molecule has 1 amide bonds. The lowest BCUT2D eigenvalue weighted by Crippen LogP contribution is -2.26. The van der Waals surface area contributed by atoms with Gasteiger partial charge in [0.15, 0.2) is 0 Å². The van der Waals surface area contributed by atoms with Crippen LogP contribution in [0, 0.1) is 5.82 Å². The molecule has 0 aliphatic carbocycles. The van der Waals surface area contributed by atoms with Gasteiger partial charge in [-0.25, -0.2) is 4.39 Å². The lowest BCUT2D eigenvalue weighted by Gasteiger charge is -2.13. The van der Waals surface area contributed by atoms with Gasteiger partial charge in [0.1, 0.15) is 5.82 Å². The summed E-state index contributed by atoms with van der Waals surface area (Å²) < 4.78 is 51.4. The predicted octanol–water partition coefficient (Wildman–Crippen LogP) is 4.43. The summed E-state index contributed by atoms with van der Waals surface area (Å²) >= 11 is 5.79. The van der Waals surface area contributed by atoms with Crippen molar-refractivity contribution in [1.29, 1.82) is 0 Å². The summed E-state index contributed by atoms with van der Waals surface area (Å²) in [4.78, 5) is 11.9. The maximum atomic E-state index is 12.9. The monoisotopic (exact) mass is 331 g/mol. The smallest absolute Gasteiger partial charge is 0.348 e. The Bertz CT molecular complexity index is 700. The van der Waals surface area contributed by atoms with Gasteiger partial charge in [-0.05, 0) is 29.8 Å². The molecule has 0 saturated carbocycles. The van der Waals surface area contributed by atoms with Crippen molar-refractivity contribution >= 4 is 17.5 Å². The Balaban J connectivity index is 2.17. The number of hydrogen-bond donors (Lipinski definition) is 1. The molecule has 2 aromatic rings. The fourth-order valence-electron chi connectivity index (χ4n) is 1.86. The average molecular weight is 332 g/mol. The van der Waals surface area contributed by atoms with Gasteiger partial charge in [0.05, 0.1) is 11.1 Å². The number of benzene rings is 2. The predicted molar refractivity (Wildman–Crippen MR) is 74.0 cm³/mol. The molecule has 1 N–H and O–H groups in total. The normalized spacial score (nSPS) is 11.3. The van der Waals surface area contributed by atoms with Crippen LogP contribution >= 0.6 is 11.6 Å². The number of halogens is 5. The third kappa shape index (κ3) is 3.76. The minimum Gasteiger partial charge on any atom is -0.348 e.